The molecular weight excluding hydrogens is 222 g/mol. The van der Waals surface area contributed by atoms with Gasteiger partial charge in [0.05, 0.1) is 12.9 Å². The van der Waals surface area contributed by atoms with Crippen molar-refractivity contribution in [3.63, 3.8) is 0 Å². The molecule has 0 heterocycles. The number of ether oxygens (including phenoxy) is 1. The molecule has 0 spiro atoms. The van der Waals surface area contributed by atoms with E-state index in [9.17, 15) is 4.21 Å². The van der Waals surface area contributed by atoms with Crippen molar-refractivity contribution in [1.29, 1.82) is 0 Å². The van der Waals surface area contributed by atoms with Crippen LogP contribution in [0.1, 0.15) is 18.1 Å². The van der Waals surface area contributed by atoms with Gasteiger partial charge >= 0.3 is 0 Å². The van der Waals surface area contributed by atoms with Crippen LogP contribution in [0.5, 0.6) is 5.75 Å². The molecule has 1 aromatic carbocycles. The zero-order valence-electron chi connectivity index (χ0n) is 10.1. The Hall–Kier alpha value is -0.870. The summed E-state index contributed by atoms with van der Waals surface area (Å²) in [5.41, 5.74) is 2.21. The molecule has 0 aliphatic carbocycles. The number of rotatable bonds is 6. The maximum atomic E-state index is 11.6. The minimum atomic E-state index is -0.802. The molecule has 0 aliphatic heterocycles. The Labute approximate surface area is 99.7 Å². The highest BCUT2D eigenvalue weighted by molar-refractivity contribution is 7.84. The van der Waals surface area contributed by atoms with Gasteiger partial charge in [0.15, 0.2) is 0 Å². The van der Waals surface area contributed by atoms with Crippen molar-refractivity contribution in [3.05, 3.63) is 29.3 Å². The third-order valence-electron chi connectivity index (χ3n) is 2.36. The first kappa shape index (κ1) is 13.2. The summed E-state index contributed by atoms with van der Waals surface area (Å²) in [7, 11) is 2.75. The molecule has 3 nitrogen and oxygen atoms in total. The average Bonchev–Trinajstić information content (AvgIpc) is 2.30. The van der Waals surface area contributed by atoms with Gasteiger partial charge in [0.1, 0.15) is 5.75 Å². The van der Waals surface area contributed by atoms with E-state index in [1.54, 1.807) is 7.11 Å². The third kappa shape index (κ3) is 3.61. The first-order chi connectivity index (χ1) is 7.71. The predicted molar refractivity (Wildman–Crippen MR) is 68.1 cm³/mol. The van der Waals surface area contributed by atoms with Gasteiger partial charge in [0, 0.05) is 28.7 Å². The van der Waals surface area contributed by atoms with Gasteiger partial charge in [-0.05, 0) is 24.7 Å². The lowest BCUT2D eigenvalue weighted by molar-refractivity contribution is 0.411. The Morgan fingerprint density at radius 3 is 2.75 bits per heavy atom. The lowest BCUT2D eigenvalue weighted by Crippen LogP contribution is -2.07. The number of methoxy groups -OCH3 is 1. The first-order valence-electron chi connectivity index (χ1n) is 5.36. The second-order valence-electron chi connectivity index (χ2n) is 3.55. The van der Waals surface area contributed by atoms with E-state index in [0.29, 0.717) is 11.5 Å². The van der Waals surface area contributed by atoms with Crippen LogP contribution in [0, 0.1) is 0 Å². The lowest BCUT2D eigenvalue weighted by Gasteiger charge is -2.10. The van der Waals surface area contributed by atoms with Crippen LogP contribution in [0.4, 0.5) is 0 Å². The summed E-state index contributed by atoms with van der Waals surface area (Å²) in [6.07, 6.45) is 0. The summed E-state index contributed by atoms with van der Waals surface area (Å²) in [4.78, 5) is 0. The molecule has 90 valence electrons. The van der Waals surface area contributed by atoms with Crippen LogP contribution in [0.3, 0.4) is 0 Å². The molecule has 0 saturated carbocycles. The minimum Gasteiger partial charge on any atom is -0.496 e. The lowest BCUT2D eigenvalue weighted by atomic mass is 10.1. The van der Waals surface area contributed by atoms with E-state index < -0.39 is 10.8 Å². The summed E-state index contributed by atoms with van der Waals surface area (Å²) < 4.78 is 16.8. The minimum absolute atomic E-state index is 0.567. The monoisotopic (exact) mass is 241 g/mol. The largest absolute Gasteiger partial charge is 0.496 e. The molecule has 0 saturated heterocycles. The first-order valence-corrected chi connectivity index (χ1v) is 6.85. The van der Waals surface area contributed by atoms with Crippen molar-refractivity contribution in [2.24, 2.45) is 0 Å². The zero-order chi connectivity index (χ0) is 12.0. The average molecular weight is 241 g/mol. The van der Waals surface area contributed by atoms with E-state index in [2.05, 4.69) is 11.4 Å². The molecule has 16 heavy (non-hydrogen) atoms. The highest BCUT2D eigenvalue weighted by atomic mass is 32.2. The van der Waals surface area contributed by atoms with Crippen LogP contribution >= 0.6 is 0 Å². The molecule has 1 aromatic rings. The van der Waals surface area contributed by atoms with Crippen LogP contribution in [0.2, 0.25) is 0 Å². The maximum Gasteiger partial charge on any atom is 0.123 e. The quantitative estimate of drug-likeness (QED) is 0.823. The summed E-state index contributed by atoms with van der Waals surface area (Å²) in [5, 5.41) is 3.10. The third-order valence-corrected chi connectivity index (χ3v) is 3.64. The Kier molecular flexibility index (Phi) is 5.49. The Morgan fingerprint density at radius 2 is 2.19 bits per heavy atom. The zero-order valence-corrected chi connectivity index (χ0v) is 10.9. The summed E-state index contributed by atoms with van der Waals surface area (Å²) >= 11 is 0. The van der Waals surface area contributed by atoms with Gasteiger partial charge in [0.2, 0.25) is 0 Å². The van der Waals surface area contributed by atoms with Crippen LogP contribution in [0.25, 0.3) is 0 Å². The molecule has 1 N–H and O–H groups in total. The van der Waals surface area contributed by atoms with Crippen molar-refractivity contribution < 1.29 is 8.95 Å². The van der Waals surface area contributed by atoms with Gasteiger partial charge in [-0.3, -0.25) is 4.21 Å². The van der Waals surface area contributed by atoms with Crippen molar-refractivity contribution in [1.82, 2.24) is 5.32 Å². The normalized spacial score (nSPS) is 12.4. The molecule has 0 radical (unpaired) electrons. The van der Waals surface area contributed by atoms with Gasteiger partial charge < -0.3 is 10.1 Å². The Morgan fingerprint density at radius 1 is 1.44 bits per heavy atom. The Balaban J connectivity index is 2.92. The second-order valence-corrected chi connectivity index (χ2v) is 5.30. The highest BCUT2D eigenvalue weighted by Crippen LogP contribution is 2.21. The number of nitrogens with one attached hydrogen (secondary N) is 1. The maximum absolute atomic E-state index is 11.6. The van der Waals surface area contributed by atoms with E-state index in [4.69, 9.17) is 4.74 Å². The van der Waals surface area contributed by atoms with E-state index in [-0.39, 0.29) is 0 Å². The highest BCUT2D eigenvalue weighted by Gasteiger charge is 2.07. The van der Waals surface area contributed by atoms with Crippen LogP contribution in [-0.2, 0) is 23.1 Å². The van der Waals surface area contributed by atoms with Gasteiger partial charge in [-0.15, -0.1) is 0 Å². The smallest absolute Gasteiger partial charge is 0.123 e. The van der Waals surface area contributed by atoms with E-state index >= 15 is 0 Å². The van der Waals surface area contributed by atoms with Crippen LogP contribution < -0.4 is 10.1 Å². The molecule has 4 heteroatoms. The van der Waals surface area contributed by atoms with Gasteiger partial charge in [-0.2, -0.15) is 0 Å². The Bertz CT molecular complexity index is 366. The van der Waals surface area contributed by atoms with Gasteiger partial charge in [-0.25, -0.2) is 0 Å². The molecule has 0 aliphatic rings. The molecule has 0 amide bonds. The molecular formula is C12H19NO2S. The van der Waals surface area contributed by atoms with E-state index in [1.807, 2.05) is 26.1 Å². The SMILES string of the molecule is CCS(=O)Cc1cc(CNC)ccc1OC. The molecule has 1 unspecified atom stereocenters. The molecule has 0 fully saturated rings. The number of hydrogen-bond acceptors (Lipinski definition) is 3. The summed E-state index contributed by atoms with van der Waals surface area (Å²) in [5.74, 6) is 2.07. The topological polar surface area (TPSA) is 38.3 Å². The summed E-state index contributed by atoms with van der Waals surface area (Å²) in [6.45, 7) is 2.75. The number of hydrogen-bond donors (Lipinski definition) is 1. The fourth-order valence-electron chi connectivity index (χ4n) is 1.53. The van der Waals surface area contributed by atoms with Crippen molar-refractivity contribution in [3.8, 4) is 5.75 Å². The summed E-state index contributed by atoms with van der Waals surface area (Å²) in [6, 6.07) is 6.02. The van der Waals surface area contributed by atoms with Crippen molar-refractivity contribution in [2.45, 2.75) is 19.2 Å². The van der Waals surface area contributed by atoms with Crippen LogP contribution in [-0.4, -0.2) is 24.1 Å². The fraction of sp³-hybridized carbons (Fsp3) is 0.500. The second kappa shape index (κ2) is 6.66. The van der Waals surface area contributed by atoms with Crippen molar-refractivity contribution >= 4 is 10.8 Å². The molecule has 0 aromatic heterocycles. The fourth-order valence-corrected chi connectivity index (χ4v) is 2.31. The van der Waals surface area contributed by atoms with Gasteiger partial charge in [0.25, 0.3) is 0 Å². The van der Waals surface area contributed by atoms with Crippen LogP contribution in [0.15, 0.2) is 18.2 Å². The van der Waals surface area contributed by atoms with Crippen molar-refractivity contribution in [2.75, 3.05) is 19.9 Å². The molecule has 1 atom stereocenters. The van der Waals surface area contributed by atoms with E-state index in [0.717, 1.165) is 17.9 Å². The standard InChI is InChI=1S/C12H19NO2S/c1-4-16(14)9-11-7-10(8-13-2)5-6-12(11)15-3/h5-7,13H,4,8-9H2,1-3H3. The molecule has 1 rings (SSSR count). The molecule has 0 bridgehead atoms. The van der Waals surface area contributed by atoms with E-state index in [1.165, 1.54) is 5.56 Å². The van der Waals surface area contributed by atoms with Gasteiger partial charge in [-0.1, -0.05) is 13.0 Å². The predicted octanol–water partition coefficient (Wildman–Crippen LogP) is 1.68. The number of benzene rings is 1.